The Bertz CT molecular complexity index is 1470. The van der Waals surface area contributed by atoms with Crippen LogP contribution in [0.5, 0.6) is 5.75 Å². The number of nitrogens with zero attached hydrogens (tertiary/aromatic N) is 4. The van der Waals surface area contributed by atoms with E-state index >= 15 is 0 Å². The van der Waals surface area contributed by atoms with Crippen LogP contribution in [-0.4, -0.2) is 63.7 Å². The number of amides is 2. The summed E-state index contributed by atoms with van der Waals surface area (Å²) >= 11 is 0. The molecule has 11 heteroatoms. The molecule has 0 unspecified atom stereocenters. The molecule has 256 valence electrons. The zero-order valence-electron chi connectivity index (χ0n) is 29.6. The molecule has 0 bridgehead atoms. The first-order valence-corrected chi connectivity index (χ1v) is 16.2. The standard InChI is InChI=1S/C32H40N6O5.2C2H6/c1-31(2,3)42-29(39)37-16-13-24(14-17-37)41-25-9-7-8-21(19-25)28-35-15-12-27(36-28)38(30(40)43-32(4,5)6)23-10-11-26(34)22(18-23)20-33;2*1-2/h7-12,15,18-20,24,33H,13-14,16-17,34H2,1-6H3;2*1-2H3. The van der Waals surface area contributed by atoms with E-state index in [9.17, 15) is 9.59 Å². The number of hydrogen-bond acceptors (Lipinski definition) is 9. The Morgan fingerprint density at radius 2 is 1.57 bits per heavy atom. The molecule has 2 amide bonds. The van der Waals surface area contributed by atoms with Crippen molar-refractivity contribution in [2.45, 2.75) is 99.4 Å². The van der Waals surface area contributed by atoms with Crippen LogP contribution < -0.4 is 15.4 Å². The minimum atomic E-state index is -0.752. The molecule has 3 N–H and O–H groups in total. The minimum absolute atomic E-state index is 0.0580. The highest BCUT2D eigenvalue weighted by molar-refractivity contribution is 5.97. The van der Waals surface area contributed by atoms with Crippen LogP contribution in [0.2, 0.25) is 0 Å². The highest BCUT2D eigenvalue weighted by Gasteiger charge is 2.29. The molecule has 0 spiro atoms. The number of nitrogens with one attached hydrogen (secondary N) is 1. The lowest BCUT2D eigenvalue weighted by Crippen LogP contribution is -2.44. The highest BCUT2D eigenvalue weighted by Crippen LogP contribution is 2.31. The molecule has 11 nitrogen and oxygen atoms in total. The first-order chi connectivity index (χ1) is 22.2. The van der Waals surface area contributed by atoms with E-state index in [2.05, 4.69) is 4.98 Å². The van der Waals surface area contributed by atoms with Gasteiger partial charge in [-0.15, -0.1) is 0 Å². The summed E-state index contributed by atoms with van der Waals surface area (Å²) in [5.41, 5.74) is 6.73. The molecular weight excluding hydrogens is 596 g/mol. The summed E-state index contributed by atoms with van der Waals surface area (Å²) < 4.78 is 17.5. The molecule has 0 radical (unpaired) electrons. The van der Waals surface area contributed by atoms with Gasteiger partial charge in [-0.05, 0) is 77.9 Å². The largest absolute Gasteiger partial charge is 0.490 e. The summed E-state index contributed by atoms with van der Waals surface area (Å²) in [6, 6.07) is 14.0. The molecule has 2 heterocycles. The van der Waals surface area contributed by atoms with Gasteiger partial charge in [0.2, 0.25) is 0 Å². The number of carbonyl (C=O) groups is 2. The average molecular weight is 649 g/mol. The molecule has 0 aliphatic carbocycles. The van der Waals surface area contributed by atoms with Crippen molar-refractivity contribution >= 4 is 35.6 Å². The number of nitrogen functional groups attached to an aromatic ring is 1. The Balaban J connectivity index is 0.00000185. The van der Waals surface area contributed by atoms with Gasteiger partial charge in [0, 0.05) is 55.2 Å². The van der Waals surface area contributed by atoms with Crippen molar-refractivity contribution in [3.05, 3.63) is 60.3 Å². The Hall–Kier alpha value is -4.67. The lowest BCUT2D eigenvalue weighted by molar-refractivity contribution is 0.0126. The summed E-state index contributed by atoms with van der Waals surface area (Å²) in [6.45, 7) is 20.0. The Morgan fingerprint density at radius 1 is 0.936 bits per heavy atom. The predicted octanol–water partition coefficient (Wildman–Crippen LogP) is 8.63. The Labute approximate surface area is 279 Å². The number of nitrogens with two attached hydrogens (primary N) is 1. The first-order valence-electron chi connectivity index (χ1n) is 16.2. The van der Waals surface area contributed by atoms with Gasteiger partial charge in [0.25, 0.3) is 0 Å². The van der Waals surface area contributed by atoms with E-state index in [1.165, 1.54) is 4.90 Å². The Morgan fingerprint density at radius 3 is 2.17 bits per heavy atom. The third kappa shape index (κ3) is 11.6. The molecular formula is C36H52N6O5. The summed E-state index contributed by atoms with van der Waals surface area (Å²) in [5, 5.41) is 7.70. The molecule has 1 aliphatic heterocycles. The molecule has 1 aromatic heterocycles. The molecule has 1 saturated heterocycles. The van der Waals surface area contributed by atoms with E-state index in [-0.39, 0.29) is 12.2 Å². The van der Waals surface area contributed by atoms with E-state index < -0.39 is 17.3 Å². The van der Waals surface area contributed by atoms with Gasteiger partial charge in [-0.1, -0.05) is 39.8 Å². The molecule has 0 saturated carbocycles. The normalized spacial score (nSPS) is 13.2. The lowest BCUT2D eigenvalue weighted by atomic mass is 10.1. The van der Waals surface area contributed by atoms with Crippen LogP contribution in [0.4, 0.5) is 26.8 Å². The zero-order valence-corrected chi connectivity index (χ0v) is 29.6. The van der Waals surface area contributed by atoms with Gasteiger partial charge in [0.1, 0.15) is 28.9 Å². The van der Waals surface area contributed by atoms with Crippen LogP contribution in [0, 0.1) is 5.41 Å². The fourth-order valence-corrected chi connectivity index (χ4v) is 4.46. The van der Waals surface area contributed by atoms with Crippen LogP contribution in [-0.2, 0) is 9.47 Å². The van der Waals surface area contributed by atoms with Crippen LogP contribution in [0.25, 0.3) is 11.4 Å². The third-order valence-electron chi connectivity index (χ3n) is 6.42. The smallest absolute Gasteiger partial charge is 0.420 e. The molecule has 0 atom stereocenters. The van der Waals surface area contributed by atoms with Gasteiger partial charge in [0.15, 0.2) is 5.82 Å². The number of aromatic nitrogens is 2. The monoisotopic (exact) mass is 648 g/mol. The summed E-state index contributed by atoms with van der Waals surface area (Å²) in [5.74, 6) is 1.33. The molecule has 3 aromatic rings. The number of benzene rings is 2. The average Bonchev–Trinajstić information content (AvgIpc) is 3.03. The van der Waals surface area contributed by atoms with Gasteiger partial charge in [-0.2, -0.15) is 0 Å². The number of carbonyl (C=O) groups excluding carboxylic acids is 2. The second kappa shape index (κ2) is 17.3. The third-order valence-corrected chi connectivity index (χ3v) is 6.42. The maximum atomic E-state index is 13.4. The fraction of sp³-hybridized carbons (Fsp3) is 0.472. The predicted molar refractivity (Wildman–Crippen MR) is 189 cm³/mol. The Kier molecular flexibility index (Phi) is 14.2. The van der Waals surface area contributed by atoms with Crippen molar-refractivity contribution in [1.82, 2.24) is 14.9 Å². The fourth-order valence-electron chi connectivity index (χ4n) is 4.46. The summed E-state index contributed by atoms with van der Waals surface area (Å²) in [6.07, 6.45) is 3.07. The van der Waals surface area contributed by atoms with Gasteiger partial charge >= 0.3 is 12.2 Å². The summed E-state index contributed by atoms with van der Waals surface area (Å²) in [7, 11) is 0. The zero-order chi connectivity index (χ0) is 35.4. The highest BCUT2D eigenvalue weighted by atomic mass is 16.6. The molecule has 1 fully saturated rings. The van der Waals surface area contributed by atoms with Crippen molar-refractivity contribution in [2.24, 2.45) is 0 Å². The summed E-state index contributed by atoms with van der Waals surface area (Å²) in [4.78, 5) is 38.0. The van der Waals surface area contributed by atoms with Crippen LogP contribution in [0.1, 0.15) is 87.6 Å². The van der Waals surface area contributed by atoms with E-state index in [0.717, 1.165) is 6.21 Å². The number of anilines is 3. The maximum absolute atomic E-state index is 13.4. The van der Waals surface area contributed by atoms with E-state index in [1.807, 2.05) is 72.7 Å². The minimum Gasteiger partial charge on any atom is -0.490 e. The number of hydrogen-bond donors (Lipinski definition) is 2. The molecule has 1 aliphatic rings. The molecule has 2 aromatic carbocycles. The van der Waals surface area contributed by atoms with E-state index in [0.29, 0.717) is 65.8 Å². The van der Waals surface area contributed by atoms with Crippen molar-refractivity contribution in [1.29, 1.82) is 5.41 Å². The number of rotatable bonds is 6. The topological polar surface area (TPSA) is 144 Å². The van der Waals surface area contributed by atoms with Crippen molar-refractivity contribution in [2.75, 3.05) is 23.7 Å². The second-order valence-corrected chi connectivity index (χ2v) is 12.3. The van der Waals surface area contributed by atoms with Crippen molar-refractivity contribution in [3.8, 4) is 17.1 Å². The number of piperidine rings is 1. The van der Waals surface area contributed by atoms with E-state index in [4.69, 9.17) is 30.3 Å². The van der Waals surface area contributed by atoms with Gasteiger partial charge in [-0.3, -0.25) is 0 Å². The molecule has 4 rings (SSSR count). The van der Waals surface area contributed by atoms with Crippen LogP contribution >= 0.6 is 0 Å². The SMILES string of the molecule is CC.CC.CC(C)(C)OC(=O)N1CCC(Oc2cccc(-c3nccc(N(C(=O)OC(C)(C)C)c4ccc(N)c(C=N)c4)n3)c2)CC1. The van der Waals surface area contributed by atoms with Crippen molar-refractivity contribution in [3.63, 3.8) is 0 Å². The number of likely N-dealkylation sites (tertiary alicyclic amines) is 1. The first kappa shape index (κ1) is 38.5. The quantitative estimate of drug-likeness (QED) is 0.200. The lowest BCUT2D eigenvalue weighted by Gasteiger charge is -2.33. The van der Waals surface area contributed by atoms with Crippen molar-refractivity contribution < 1.29 is 23.8 Å². The van der Waals surface area contributed by atoms with Crippen LogP contribution in [0.3, 0.4) is 0 Å². The van der Waals surface area contributed by atoms with E-state index in [1.54, 1.807) is 56.1 Å². The maximum Gasteiger partial charge on any atom is 0.420 e. The van der Waals surface area contributed by atoms with Gasteiger partial charge in [-0.25, -0.2) is 24.5 Å². The van der Waals surface area contributed by atoms with Gasteiger partial charge in [0.05, 0.1) is 5.69 Å². The molecule has 47 heavy (non-hydrogen) atoms. The number of ether oxygens (including phenoxy) is 3. The second-order valence-electron chi connectivity index (χ2n) is 12.3. The van der Waals surface area contributed by atoms with Crippen LogP contribution in [0.15, 0.2) is 54.7 Å². The van der Waals surface area contributed by atoms with Gasteiger partial charge < -0.3 is 30.3 Å².